The first-order valence-corrected chi connectivity index (χ1v) is 12.5. The van der Waals surface area contributed by atoms with E-state index in [9.17, 15) is 9.59 Å². The fraction of sp³-hybridized carbons (Fsp3) is 0.188. The molecule has 0 saturated carbocycles. The van der Waals surface area contributed by atoms with Gasteiger partial charge in [0.25, 0.3) is 5.91 Å². The van der Waals surface area contributed by atoms with E-state index in [-0.39, 0.29) is 18.4 Å². The SMILES string of the molecule is CCc1cccc(CC)c1NC(=O)CN(C(=O)c1ccccc1)C(c1ccccc1)c1ccccc1. The second kappa shape index (κ2) is 12.0. The summed E-state index contributed by atoms with van der Waals surface area (Å²) < 4.78 is 0. The highest BCUT2D eigenvalue weighted by atomic mass is 16.2. The largest absolute Gasteiger partial charge is 0.324 e. The standard InChI is InChI=1S/C32H32N2O2/c1-3-24-21-14-22-25(4-2)30(24)33-29(35)23-34(32(36)28-19-12-7-13-20-28)31(26-15-8-5-9-16-26)27-17-10-6-11-18-27/h5-22,31H,3-4,23H2,1-2H3,(H,33,35). The van der Waals surface area contributed by atoms with Crippen molar-refractivity contribution in [3.8, 4) is 0 Å². The maximum Gasteiger partial charge on any atom is 0.255 e. The Morgan fingerprint density at radius 3 is 1.61 bits per heavy atom. The Labute approximate surface area is 213 Å². The Kier molecular flexibility index (Phi) is 8.30. The molecule has 0 spiro atoms. The lowest BCUT2D eigenvalue weighted by molar-refractivity contribution is -0.117. The van der Waals surface area contributed by atoms with Gasteiger partial charge >= 0.3 is 0 Å². The van der Waals surface area contributed by atoms with E-state index in [1.807, 2.05) is 97.1 Å². The lowest BCUT2D eigenvalue weighted by Crippen LogP contribution is -2.41. The number of hydrogen-bond acceptors (Lipinski definition) is 2. The average molecular weight is 477 g/mol. The number of para-hydroxylation sites is 1. The minimum Gasteiger partial charge on any atom is -0.324 e. The van der Waals surface area contributed by atoms with Gasteiger partial charge in [0.2, 0.25) is 5.91 Å². The van der Waals surface area contributed by atoms with Crippen LogP contribution in [-0.2, 0) is 17.6 Å². The summed E-state index contributed by atoms with van der Waals surface area (Å²) in [6, 6.07) is 34.6. The fourth-order valence-corrected chi connectivity index (χ4v) is 4.59. The molecule has 36 heavy (non-hydrogen) atoms. The maximum atomic E-state index is 13.9. The summed E-state index contributed by atoms with van der Waals surface area (Å²) >= 11 is 0. The third kappa shape index (κ3) is 5.72. The van der Waals surface area contributed by atoms with Crippen LogP contribution in [0.1, 0.15) is 52.5 Å². The number of carbonyl (C=O) groups is 2. The van der Waals surface area contributed by atoms with E-state index in [0.29, 0.717) is 5.56 Å². The normalized spacial score (nSPS) is 10.8. The predicted octanol–water partition coefficient (Wildman–Crippen LogP) is 6.68. The molecular weight excluding hydrogens is 444 g/mol. The summed E-state index contributed by atoms with van der Waals surface area (Å²) in [5.41, 5.74) is 5.48. The first-order chi connectivity index (χ1) is 17.6. The third-order valence-electron chi connectivity index (χ3n) is 6.40. The number of aryl methyl sites for hydroxylation is 2. The summed E-state index contributed by atoms with van der Waals surface area (Å²) in [6.07, 6.45) is 1.62. The highest BCUT2D eigenvalue weighted by Crippen LogP contribution is 2.30. The Bertz CT molecular complexity index is 1230. The van der Waals surface area contributed by atoms with Gasteiger partial charge in [-0.2, -0.15) is 0 Å². The minimum absolute atomic E-state index is 0.0800. The molecule has 0 radical (unpaired) electrons. The highest BCUT2D eigenvalue weighted by Gasteiger charge is 2.29. The Morgan fingerprint density at radius 2 is 1.14 bits per heavy atom. The Morgan fingerprint density at radius 1 is 0.667 bits per heavy atom. The van der Waals surface area contributed by atoms with Crippen molar-refractivity contribution < 1.29 is 9.59 Å². The smallest absolute Gasteiger partial charge is 0.255 e. The Hall–Kier alpha value is -4.18. The molecule has 0 heterocycles. The number of anilines is 1. The number of rotatable bonds is 9. The van der Waals surface area contributed by atoms with E-state index < -0.39 is 6.04 Å². The number of nitrogens with one attached hydrogen (secondary N) is 1. The Balaban J connectivity index is 1.75. The van der Waals surface area contributed by atoms with Gasteiger partial charge in [-0.15, -0.1) is 0 Å². The summed E-state index contributed by atoms with van der Waals surface area (Å²) in [5, 5.41) is 3.14. The van der Waals surface area contributed by atoms with Gasteiger partial charge < -0.3 is 10.2 Å². The van der Waals surface area contributed by atoms with Gasteiger partial charge in [-0.25, -0.2) is 0 Å². The van der Waals surface area contributed by atoms with Crippen LogP contribution in [0.3, 0.4) is 0 Å². The van der Waals surface area contributed by atoms with E-state index in [1.165, 1.54) is 0 Å². The van der Waals surface area contributed by atoms with Crippen LogP contribution >= 0.6 is 0 Å². The second-order valence-electron chi connectivity index (χ2n) is 8.73. The number of hydrogen-bond donors (Lipinski definition) is 1. The van der Waals surface area contributed by atoms with Gasteiger partial charge in [-0.05, 0) is 47.2 Å². The van der Waals surface area contributed by atoms with Crippen LogP contribution in [0.4, 0.5) is 5.69 Å². The van der Waals surface area contributed by atoms with Gasteiger partial charge in [0.05, 0.1) is 6.04 Å². The molecule has 0 saturated heterocycles. The first-order valence-electron chi connectivity index (χ1n) is 12.5. The molecule has 4 heteroatoms. The topological polar surface area (TPSA) is 49.4 Å². The lowest BCUT2D eigenvalue weighted by atomic mass is 9.96. The van der Waals surface area contributed by atoms with Gasteiger partial charge in [0.15, 0.2) is 0 Å². The van der Waals surface area contributed by atoms with Crippen molar-refractivity contribution in [3.63, 3.8) is 0 Å². The van der Waals surface area contributed by atoms with Crippen molar-refractivity contribution in [2.24, 2.45) is 0 Å². The van der Waals surface area contributed by atoms with Crippen LogP contribution < -0.4 is 5.32 Å². The maximum absolute atomic E-state index is 13.9. The molecule has 1 N–H and O–H groups in total. The molecule has 0 unspecified atom stereocenters. The van der Waals surface area contributed by atoms with E-state index in [2.05, 4.69) is 19.2 Å². The molecule has 4 aromatic carbocycles. The third-order valence-corrected chi connectivity index (χ3v) is 6.40. The molecule has 182 valence electrons. The minimum atomic E-state index is -0.419. The van der Waals surface area contributed by atoms with Crippen LogP contribution in [0.15, 0.2) is 109 Å². The van der Waals surface area contributed by atoms with E-state index >= 15 is 0 Å². The quantitative estimate of drug-likeness (QED) is 0.293. The van der Waals surface area contributed by atoms with E-state index in [1.54, 1.807) is 17.0 Å². The lowest BCUT2D eigenvalue weighted by Gasteiger charge is -2.32. The summed E-state index contributed by atoms with van der Waals surface area (Å²) in [7, 11) is 0. The molecule has 0 fully saturated rings. The molecule has 0 aromatic heterocycles. The van der Waals surface area contributed by atoms with Crippen molar-refractivity contribution >= 4 is 17.5 Å². The summed E-state index contributed by atoms with van der Waals surface area (Å²) in [4.78, 5) is 29.1. The zero-order chi connectivity index (χ0) is 25.3. The van der Waals surface area contributed by atoms with Crippen LogP contribution in [0.25, 0.3) is 0 Å². The fourth-order valence-electron chi connectivity index (χ4n) is 4.59. The molecule has 4 nitrogen and oxygen atoms in total. The van der Waals surface area contributed by atoms with Gasteiger partial charge in [-0.3, -0.25) is 9.59 Å². The molecule has 2 amide bonds. The van der Waals surface area contributed by atoms with Crippen molar-refractivity contribution in [2.45, 2.75) is 32.7 Å². The van der Waals surface area contributed by atoms with Crippen LogP contribution in [0.5, 0.6) is 0 Å². The van der Waals surface area contributed by atoms with E-state index in [4.69, 9.17) is 0 Å². The van der Waals surface area contributed by atoms with E-state index in [0.717, 1.165) is 40.8 Å². The molecule has 0 aliphatic carbocycles. The molecule has 0 bridgehead atoms. The van der Waals surface area contributed by atoms with Crippen LogP contribution in [0, 0.1) is 0 Å². The summed E-state index contributed by atoms with van der Waals surface area (Å²) in [5.74, 6) is -0.408. The number of carbonyl (C=O) groups excluding carboxylic acids is 2. The number of amides is 2. The number of benzene rings is 4. The molecular formula is C32H32N2O2. The monoisotopic (exact) mass is 476 g/mol. The molecule has 4 aromatic rings. The van der Waals surface area contributed by atoms with Crippen molar-refractivity contribution in [2.75, 3.05) is 11.9 Å². The van der Waals surface area contributed by atoms with Crippen LogP contribution in [0.2, 0.25) is 0 Å². The van der Waals surface area contributed by atoms with Crippen LogP contribution in [-0.4, -0.2) is 23.3 Å². The predicted molar refractivity (Wildman–Crippen MR) is 146 cm³/mol. The van der Waals surface area contributed by atoms with Crippen molar-refractivity contribution in [3.05, 3.63) is 137 Å². The number of nitrogens with zero attached hydrogens (tertiary/aromatic N) is 1. The molecule has 4 rings (SSSR count). The average Bonchev–Trinajstić information content (AvgIpc) is 2.94. The first kappa shape index (κ1) is 24.9. The molecule has 0 atom stereocenters. The molecule has 0 aliphatic heterocycles. The highest BCUT2D eigenvalue weighted by molar-refractivity contribution is 6.00. The van der Waals surface area contributed by atoms with Gasteiger partial charge in [0.1, 0.15) is 6.54 Å². The zero-order valence-corrected chi connectivity index (χ0v) is 20.9. The van der Waals surface area contributed by atoms with Gasteiger partial charge in [0, 0.05) is 11.3 Å². The van der Waals surface area contributed by atoms with Gasteiger partial charge in [-0.1, -0.05) is 111 Å². The second-order valence-corrected chi connectivity index (χ2v) is 8.73. The zero-order valence-electron chi connectivity index (χ0n) is 20.9. The van der Waals surface area contributed by atoms with Crippen molar-refractivity contribution in [1.82, 2.24) is 4.90 Å². The summed E-state index contributed by atoms with van der Waals surface area (Å²) in [6.45, 7) is 4.08. The van der Waals surface area contributed by atoms with Crippen molar-refractivity contribution in [1.29, 1.82) is 0 Å². The molecule has 0 aliphatic rings.